The molecule has 0 spiro atoms. The molecule has 0 N–H and O–H groups in total. The highest BCUT2D eigenvalue weighted by Crippen LogP contribution is 2.47. The van der Waals surface area contributed by atoms with Crippen molar-refractivity contribution in [3.05, 3.63) is 35.9 Å². The van der Waals surface area contributed by atoms with E-state index < -0.39 is 0 Å². The van der Waals surface area contributed by atoms with E-state index in [-0.39, 0.29) is 5.60 Å². The minimum atomic E-state index is 0.203. The van der Waals surface area contributed by atoms with Crippen LogP contribution in [0.5, 0.6) is 0 Å². The predicted octanol–water partition coefficient (Wildman–Crippen LogP) is 2.30. The molecule has 1 saturated carbocycles. The van der Waals surface area contributed by atoms with Gasteiger partial charge in [0.25, 0.3) is 0 Å². The summed E-state index contributed by atoms with van der Waals surface area (Å²) in [4.78, 5) is 2.54. The Kier molecular flexibility index (Phi) is 2.49. The van der Waals surface area contributed by atoms with Crippen molar-refractivity contribution in [1.29, 1.82) is 0 Å². The number of fused-ring (bicyclic) bond motifs is 1. The minimum Gasteiger partial charge on any atom is -0.377 e. The van der Waals surface area contributed by atoms with E-state index in [0.717, 1.165) is 19.0 Å². The lowest BCUT2D eigenvalue weighted by molar-refractivity contribution is -0.0937. The van der Waals surface area contributed by atoms with E-state index in [1.54, 1.807) is 0 Å². The van der Waals surface area contributed by atoms with Gasteiger partial charge in [0.05, 0.1) is 5.60 Å². The number of hydrogen-bond donors (Lipinski definition) is 0. The van der Waals surface area contributed by atoms with Crippen molar-refractivity contribution in [3.63, 3.8) is 0 Å². The van der Waals surface area contributed by atoms with Crippen molar-refractivity contribution < 1.29 is 4.74 Å². The maximum Gasteiger partial charge on any atom is 0.0845 e. The summed E-state index contributed by atoms with van der Waals surface area (Å²) in [6.45, 7) is 3.40. The summed E-state index contributed by atoms with van der Waals surface area (Å²) in [6.07, 6.45) is 2.60. The molecule has 0 amide bonds. The van der Waals surface area contributed by atoms with Crippen LogP contribution in [0, 0.1) is 5.92 Å². The molecule has 16 heavy (non-hydrogen) atoms. The van der Waals surface area contributed by atoms with Crippen molar-refractivity contribution >= 4 is 0 Å². The SMILES string of the molecule is COC12CCC1CN(Cc1ccccc1)C2. The van der Waals surface area contributed by atoms with Crippen LogP contribution in [0.25, 0.3) is 0 Å². The van der Waals surface area contributed by atoms with Gasteiger partial charge in [-0.25, -0.2) is 0 Å². The van der Waals surface area contributed by atoms with Crippen LogP contribution in [0.1, 0.15) is 18.4 Å². The fourth-order valence-electron chi connectivity index (χ4n) is 3.19. The molecule has 1 aliphatic carbocycles. The van der Waals surface area contributed by atoms with E-state index in [9.17, 15) is 0 Å². The van der Waals surface area contributed by atoms with E-state index in [4.69, 9.17) is 4.74 Å². The summed E-state index contributed by atoms with van der Waals surface area (Å²) in [5.41, 5.74) is 1.62. The summed E-state index contributed by atoms with van der Waals surface area (Å²) in [5, 5.41) is 0. The molecule has 2 heteroatoms. The summed E-state index contributed by atoms with van der Waals surface area (Å²) in [5.74, 6) is 0.779. The molecule has 86 valence electrons. The zero-order valence-corrected chi connectivity index (χ0v) is 9.86. The standard InChI is InChI=1S/C14H19NO/c1-16-14-8-7-13(14)10-15(11-14)9-12-5-3-2-4-6-12/h2-6,13H,7-11H2,1H3. The summed E-state index contributed by atoms with van der Waals surface area (Å²) < 4.78 is 5.72. The van der Waals surface area contributed by atoms with Gasteiger partial charge in [0.2, 0.25) is 0 Å². The van der Waals surface area contributed by atoms with Gasteiger partial charge in [-0.1, -0.05) is 30.3 Å². The quantitative estimate of drug-likeness (QED) is 0.770. The van der Waals surface area contributed by atoms with Gasteiger partial charge >= 0.3 is 0 Å². The Labute approximate surface area is 97.2 Å². The maximum absolute atomic E-state index is 5.72. The molecular weight excluding hydrogens is 198 g/mol. The second kappa shape index (κ2) is 3.86. The van der Waals surface area contributed by atoms with Crippen LogP contribution in [-0.2, 0) is 11.3 Å². The second-order valence-electron chi connectivity index (χ2n) is 5.16. The Balaban J connectivity index is 1.66. The van der Waals surface area contributed by atoms with Gasteiger partial charge in [-0.15, -0.1) is 0 Å². The molecule has 2 fully saturated rings. The second-order valence-corrected chi connectivity index (χ2v) is 5.16. The van der Waals surface area contributed by atoms with Crippen LogP contribution in [0.15, 0.2) is 30.3 Å². The first-order valence-electron chi connectivity index (χ1n) is 6.14. The molecule has 0 aromatic heterocycles. The highest BCUT2D eigenvalue weighted by Gasteiger charge is 2.53. The Morgan fingerprint density at radius 3 is 2.75 bits per heavy atom. The minimum absolute atomic E-state index is 0.203. The van der Waals surface area contributed by atoms with Crippen LogP contribution in [0.3, 0.4) is 0 Å². The zero-order chi connectivity index (χ0) is 11.0. The van der Waals surface area contributed by atoms with Crippen LogP contribution >= 0.6 is 0 Å². The molecule has 2 unspecified atom stereocenters. The van der Waals surface area contributed by atoms with E-state index in [1.807, 2.05) is 7.11 Å². The first kappa shape index (κ1) is 10.3. The van der Waals surface area contributed by atoms with E-state index in [0.29, 0.717) is 0 Å². The van der Waals surface area contributed by atoms with Gasteiger partial charge in [0, 0.05) is 32.7 Å². The molecule has 2 aliphatic rings. The van der Waals surface area contributed by atoms with Gasteiger partial charge in [-0.2, -0.15) is 0 Å². The molecule has 1 aromatic carbocycles. The normalized spacial score (nSPS) is 33.4. The summed E-state index contributed by atoms with van der Waals surface area (Å²) >= 11 is 0. The molecular formula is C14H19NO. The van der Waals surface area contributed by atoms with Crippen LogP contribution in [0.2, 0.25) is 0 Å². The van der Waals surface area contributed by atoms with Gasteiger partial charge in [0.1, 0.15) is 0 Å². The Morgan fingerprint density at radius 2 is 2.19 bits per heavy atom. The number of benzene rings is 1. The lowest BCUT2D eigenvalue weighted by Crippen LogP contribution is -2.48. The van der Waals surface area contributed by atoms with Crippen molar-refractivity contribution in [2.45, 2.75) is 25.0 Å². The third-order valence-electron chi connectivity index (χ3n) is 4.29. The lowest BCUT2D eigenvalue weighted by Gasteiger charge is -2.42. The predicted molar refractivity (Wildman–Crippen MR) is 64.2 cm³/mol. The van der Waals surface area contributed by atoms with Gasteiger partial charge in [-0.05, 0) is 18.4 Å². The Bertz CT molecular complexity index is 360. The van der Waals surface area contributed by atoms with E-state index >= 15 is 0 Å². The number of nitrogens with zero attached hydrogens (tertiary/aromatic N) is 1. The number of rotatable bonds is 3. The smallest absolute Gasteiger partial charge is 0.0845 e. The first-order chi connectivity index (χ1) is 7.82. The molecule has 3 rings (SSSR count). The topological polar surface area (TPSA) is 12.5 Å². The fourth-order valence-corrected chi connectivity index (χ4v) is 3.19. The number of ether oxygens (including phenoxy) is 1. The highest BCUT2D eigenvalue weighted by atomic mass is 16.5. The first-order valence-corrected chi connectivity index (χ1v) is 6.14. The molecule has 1 aromatic rings. The van der Waals surface area contributed by atoms with Crippen molar-refractivity contribution in [1.82, 2.24) is 4.90 Å². The molecule has 0 bridgehead atoms. The Morgan fingerprint density at radius 1 is 1.38 bits per heavy atom. The summed E-state index contributed by atoms with van der Waals surface area (Å²) in [7, 11) is 1.87. The molecule has 1 heterocycles. The van der Waals surface area contributed by atoms with Crippen LogP contribution < -0.4 is 0 Å². The third-order valence-corrected chi connectivity index (χ3v) is 4.29. The van der Waals surface area contributed by atoms with E-state index in [2.05, 4.69) is 35.2 Å². The molecule has 1 aliphatic heterocycles. The van der Waals surface area contributed by atoms with Crippen molar-refractivity contribution in [2.24, 2.45) is 5.92 Å². The highest BCUT2D eigenvalue weighted by molar-refractivity contribution is 5.16. The summed E-state index contributed by atoms with van der Waals surface area (Å²) in [6, 6.07) is 10.7. The van der Waals surface area contributed by atoms with E-state index in [1.165, 1.54) is 24.9 Å². The Hall–Kier alpha value is -0.860. The fraction of sp³-hybridized carbons (Fsp3) is 0.571. The van der Waals surface area contributed by atoms with Crippen LogP contribution in [0.4, 0.5) is 0 Å². The lowest BCUT2D eigenvalue weighted by atomic mass is 9.72. The maximum atomic E-state index is 5.72. The monoisotopic (exact) mass is 217 g/mol. The average molecular weight is 217 g/mol. The third kappa shape index (κ3) is 1.57. The molecule has 2 nitrogen and oxygen atoms in total. The van der Waals surface area contributed by atoms with Gasteiger partial charge in [0.15, 0.2) is 0 Å². The molecule has 1 saturated heterocycles. The number of likely N-dealkylation sites (tertiary alicyclic amines) is 1. The largest absolute Gasteiger partial charge is 0.377 e. The number of methoxy groups -OCH3 is 1. The van der Waals surface area contributed by atoms with Crippen molar-refractivity contribution in [2.75, 3.05) is 20.2 Å². The van der Waals surface area contributed by atoms with Crippen LogP contribution in [-0.4, -0.2) is 30.7 Å². The van der Waals surface area contributed by atoms with Crippen molar-refractivity contribution in [3.8, 4) is 0 Å². The zero-order valence-electron chi connectivity index (χ0n) is 9.86. The van der Waals surface area contributed by atoms with Gasteiger partial charge < -0.3 is 4.74 Å². The number of hydrogen-bond acceptors (Lipinski definition) is 2. The molecule has 2 atom stereocenters. The molecule has 0 radical (unpaired) electrons. The van der Waals surface area contributed by atoms with Gasteiger partial charge in [-0.3, -0.25) is 4.90 Å². The average Bonchev–Trinajstić information content (AvgIpc) is 2.54.